The molecule has 7 amide bonds. The molecule has 1 aromatic heterocycles. The number of nitrogens with one attached hydrogen (secondary N) is 7. The van der Waals surface area contributed by atoms with Crippen molar-refractivity contribution in [3.63, 3.8) is 0 Å². The van der Waals surface area contributed by atoms with Gasteiger partial charge in [0.05, 0.1) is 35.4 Å². The van der Waals surface area contributed by atoms with Crippen LogP contribution in [0.15, 0.2) is 151 Å². The highest BCUT2D eigenvalue weighted by atomic mass is 35.5. The summed E-state index contributed by atoms with van der Waals surface area (Å²) >= 11 is 15.1. The molecule has 120 heavy (non-hydrogen) atoms. The van der Waals surface area contributed by atoms with Gasteiger partial charge in [-0.2, -0.15) is 0 Å². The van der Waals surface area contributed by atoms with Gasteiger partial charge in [0, 0.05) is 59.1 Å². The van der Waals surface area contributed by atoms with Gasteiger partial charge in [0.1, 0.15) is 137 Å². The van der Waals surface area contributed by atoms with E-state index in [4.69, 9.17) is 56.4 Å². The van der Waals surface area contributed by atoms with Gasteiger partial charge in [-0.1, -0.05) is 83.5 Å². The number of esters is 1. The molecule has 0 unspecified atom stereocenters. The topological polar surface area (TPSA) is 553 Å². The number of phenolic OH excluding ortho intramolecular Hbond substituents is 6. The van der Waals surface area contributed by atoms with Crippen molar-refractivity contribution in [1.29, 1.82) is 0 Å². The summed E-state index contributed by atoms with van der Waals surface area (Å²) in [5, 5.41) is 166. The Bertz CT molecular complexity index is 5640. The zero-order valence-corrected chi connectivity index (χ0v) is 64.7. The Morgan fingerprint density at radius 1 is 0.550 bits per heavy atom. The lowest BCUT2D eigenvalue weighted by Crippen LogP contribution is -2.65. The van der Waals surface area contributed by atoms with Crippen LogP contribution in [0.3, 0.4) is 0 Å². The van der Waals surface area contributed by atoms with E-state index in [1.54, 1.807) is 30.5 Å². The quantitative estimate of drug-likeness (QED) is 0.0920. The Labute approximate surface area is 691 Å². The normalized spacial score (nSPS) is 26.8. The molecule has 2 fully saturated rings. The fraction of sp³-hybridized carbons (Fsp3) is 0.284. The molecule has 36 nitrogen and oxygen atoms in total. The van der Waals surface area contributed by atoms with Crippen molar-refractivity contribution in [3.8, 4) is 80.1 Å². The molecule has 2 saturated heterocycles. The monoisotopic (exact) mass is 1710 g/mol. The molecule has 17 rings (SSSR count). The van der Waals surface area contributed by atoms with Crippen LogP contribution in [0.1, 0.15) is 82.2 Å². The number of amides is 7. The maximum atomic E-state index is 16.5. The zero-order chi connectivity index (χ0) is 85.3. The number of thioether (sulfide) groups is 1. The zero-order valence-electron chi connectivity index (χ0n) is 62.4. The Morgan fingerprint density at radius 2 is 1.16 bits per heavy atom. The van der Waals surface area contributed by atoms with E-state index in [1.165, 1.54) is 47.0 Å². The van der Waals surface area contributed by atoms with Crippen LogP contribution in [-0.2, 0) is 63.7 Å². The number of phenols is 6. The summed E-state index contributed by atoms with van der Waals surface area (Å²) in [5.41, 5.74) is -4.05. The molecule has 18 atom stereocenters. The van der Waals surface area contributed by atoms with Gasteiger partial charge in [0.25, 0.3) is 0 Å². The van der Waals surface area contributed by atoms with Crippen LogP contribution in [0.25, 0.3) is 21.9 Å². The summed E-state index contributed by atoms with van der Waals surface area (Å²) in [4.78, 5) is 124. The van der Waals surface area contributed by atoms with Crippen LogP contribution in [0, 0.1) is 0 Å². The summed E-state index contributed by atoms with van der Waals surface area (Å²) in [7, 11) is 0.911. The second-order valence-corrected chi connectivity index (χ2v) is 30.9. The number of carbonyl (C=O) groups is 8. The summed E-state index contributed by atoms with van der Waals surface area (Å²) in [6, 6.07) is 11.6. The number of methoxy groups -OCH3 is 1. The summed E-state index contributed by atoms with van der Waals surface area (Å²) in [5.74, 6) is -17.0. The lowest BCUT2D eigenvalue weighted by molar-refractivity contribution is -0.284. The fourth-order valence-corrected chi connectivity index (χ4v) is 17.0. The molecule has 8 aliphatic rings. The molecule has 0 aliphatic carbocycles. The van der Waals surface area contributed by atoms with Crippen LogP contribution in [-0.4, -0.2) is 211 Å². The van der Waals surface area contributed by atoms with Crippen molar-refractivity contribution in [3.05, 3.63) is 195 Å². The number of rotatable bonds is 9. The molecule has 0 saturated carbocycles. The van der Waals surface area contributed by atoms with E-state index in [9.17, 15) is 76.0 Å². The van der Waals surface area contributed by atoms with Crippen molar-refractivity contribution >= 4 is 93.1 Å². The van der Waals surface area contributed by atoms with Gasteiger partial charge in [0.2, 0.25) is 47.1 Å². The lowest BCUT2D eigenvalue weighted by Gasteiger charge is -2.44. The van der Waals surface area contributed by atoms with Crippen molar-refractivity contribution in [2.24, 2.45) is 0 Å². The first-order valence-corrected chi connectivity index (χ1v) is 38.6. The van der Waals surface area contributed by atoms with Crippen molar-refractivity contribution in [1.82, 2.24) is 41.8 Å². The molecular formula is C81H74Cl2N8O28S. The number of aromatic nitrogens is 1. The summed E-state index contributed by atoms with van der Waals surface area (Å²) < 4.78 is 44.4. The van der Waals surface area contributed by atoms with Gasteiger partial charge >= 0.3 is 5.97 Å². The summed E-state index contributed by atoms with van der Waals surface area (Å²) in [6.45, 7) is -0.770. The number of benzene rings is 8. The van der Waals surface area contributed by atoms with Crippen LogP contribution >= 0.6 is 35.0 Å². The number of halogens is 2. The minimum atomic E-state index is -2.37. The largest absolute Gasteiger partial charge is 0.508 e. The second-order valence-electron chi connectivity index (χ2n) is 29.0. The molecular weight excluding hydrogens is 1640 g/mol. The number of aromatic hydroxyl groups is 6. The summed E-state index contributed by atoms with van der Waals surface area (Å²) in [6.07, 6.45) is -15.6. The highest BCUT2D eigenvalue weighted by Crippen LogP contribution is 2.50. The first-order chi connectivity index (χ1) is 57.3. The number of carbonyl (C=O) groups excluding carboxylic acids is 8. The van der Waals surface area contributed by atoms with Gasteiger partial charge in [-0.15, -0.1) is 0 Å². The molecule has 626 valence electrons. The highest BCUT2D eigenvalue weighted by molar-refractivity contribution is 8.00. The first kappa shape index (κ1) is 82.9. The maximum absolute atomic E-state index is 16.5. The van der Waals surface area contributed by atoms with Gasteiger partial charge in [-0.05, 0) is 112 Å². The number of hydrogen-bond donors (Lipinski definition) is 20. The van der Waals surface area contributed by atoms with E-state index >= 15 is 28.8 Å². The Kier molecular flexibility index (Phi) is 23.2. The van der Waals surface area contributed by atoms with E-state index in [-0.39, 0.29) is 60.9 Å². The minimum Gasteiger partial charge on any atom is -0.508 e. The van der Waals surface area contributed by atoms with E-state index in [0.29, 0.717) is 10.8 Å². The first-order valence-electron chi connectivity index (χ1n) is 36.9. The molecule has 0 spiro atoms. The number of aliphatic hydroxyl groups excluding tert-OH is 7. The van der Waals surface area contributed by atoms with Crippen LogP contribution in [0.2, 0.25) is 10.0 Å². The molecule has 9 aromatic rings. The average Bonchev–Trinajstić information content (AvgIpc) is 1.47. The van der Waals surface area contributed by atoms with Crippen LogP contribution in [0.4, 0.5) is 0 Å². The number of hydrogen-bond acceptors (Lipinski definition) is 29. The third-order valence-electron chi connectivity index (χ3n) is 21.1. The third-order valence-corrected chi connectivity index (χ3v) is 23.0. The van der Waals surface area contributed by atoms with Crippen molar-refractivity contribution < 1.29 is 138 Å². The van der Waals surface area contributed by atoms with Gasteiger partial charge in [-0.3, -0.25) is 33.6 Å². The molecule has 0 radical (unpaired) electrons. The standard InChI is InChI=1S/C81H74Cl2N8O28S/c1-30(94)84-62-68(103)66(101)55(28-92)117-80(62)119-71-34-10-14-51(45(83)20-34)116-54-23-37-22-53(65(54)100)115-50-13-7-31(15-44(50)82)16-46-72(106)86-59(74(108)88-60(37)75(109)87-58-32-8-11-47(97)42(19-32)57-43(25-39(96)26-49(57)99)61(79(112)113-2)89-76(110)63(71)90-73(58)107)36-17-38(95)24-40(18-36)114-52-21-33(9-12-48(52)98)64(77(111)85-46)91-27-35-5-3-4-6-41(35)78(91)120-81-70(105)69(104)67(102)56(29-93)118-81/h3-15,17-27,46,55-56,58-64,66-71,80-81,92-93,95-105H,16,28-29H2,1-2H3,(H,84,94)(H,85,111)(H,86,106)(H,87,109)(H,88,108)(H,89,110)(H,90,107)/t46-,55-,56-,58-,59+,60-,61+,62-,63+,64-,66-,67-,68-,69+,70-,71-,80+,81+/m1/s1. The number of aliphatic hydroxyl groups is 7. The van der Waals surface area contributed by atoms with E-state index in [1.807, 2.05) is 0 Å². The maximum Gasteiger partial charge on any atom is 0.333 e. The van der Waals surface area contributed by atoms with Gasteiger partial charge < -0.3 is 141 Å². The molecule has 20 N–H and O–H groups in total. The molecule has 39 heteroatoms. The van der Waals surface area contributed by atoms with E-state index in [2.05, 4.69) is 37.2 Å². The van der Waals surface area contributed by atoms with Crippen molar-refractivity contribution in [2.75, 3.05) is 20.3 Å². The molecule has 8 aromatic carbocycles. The average molecular weight is 1710 g/mol. The molecule has 8 aliphatic heterocycles. The highest BCUT2D eigenvalue weighted by Gasteiger charge is 2.51. The number of fused-ring (bicyclic) bond motifs is 15. The Hall–Kier alpha value is -12.2. The number of nitrogens with zero attached hydrogens (tertiary/aromatic N) is 1. The Morgan fingerprint density at radius 3 is 1.84 bits per heavy atom. The third kappa shape index (κ3) is 16.1. The van der Waals surface area contributed by atoms with E-state index in [0.717, 1.165) is 98.6 Å². The predicted molar refractivity (Wildman–Crippen MR) is 416 cm³/mol. The van der Waals surface area contributed by atoms with E-state index < -0.39 is 249 Å². The van der Waals surface area contributed by atoms with Crippen LogP contribution in [0.5, 0.6) is 69.0 Å². The smallest absolute Gasteiger partial charge is 0.333 e. The number of ether oxygens (including phenoxy) is 7. The van der Waals surface area contributed by atoms with Crippen molar-refractivity contribution in [2.45, 2.75) is 127 Å². The second kappa shape index (κ2) is 33.5. The lowest BCUT2D eigenvalue weighted by atomic mass is 9.89. The van der Waals surface area contributed by atoms with Crippen LogP contribution < -0.4 is 51.4 Å². The SMILES string of the molecule is COC(=O)[C@H]1NC(=O)[C@H]2NC(=O)[C@H](NC(=O)[C@@H]3NC(=O)[C@H]4NC(=O)[C@@H](Cc5ccc(c(Cl)c5)Oc5cc3cc(c5O)Oc3ccc(cc3Cl)[C@H]2O[C@@H]2O[C@H](CO)[C@@H](O)[C@H](O)[C@H]2NC(C)=O)NC(=O)[C@H](n2cc3ccccc3c2S[C@@H]2O[C@H](CO)[C@@H](O)[C@H](O)[C@H]2O)c2ccc(O)c(c2)Oc2cc(O)cc4c2)c2ccc(O)c(c2)-c2c(O)cc(O)cc21. The predicted octanol–water partition coefficient (Wildman–Crippen LogP) is 3.48. The minimum absolute atomic E-state index is 0.0458. The Balaban J connectivity index is 0.916. The molecule has 9 heterocycles. The fourth-order valence-electron chi connectivity index (χ4n) is 15.2. The van der Waals surface area contributed by atoms with Gasteiger partial charge in [0.15, 0.2) is 35.3 Å². The molecule has 17 bridgehead atoms. The van der Waals surface area contributed by atoms with Gasteiger partial charge in [-0.25, -0.2) is 4.79 Å².